The highest BCUT2D eigenvalue weighted by molar-refractivity contribution is 6.20. The van der Waals surface area contributed by atoms with E-state index < -0.39 is 23.1 Å². The fourth-order valence-corrected chi connectivity index (χ4v) is 7.38. The summed E-state index contributed by atoms with van der Waals surface area (Å²) < 4.78 is 19.4. The molecular formula is C53H59N3O9. The Hall–Kier alpha value is -6.73. The van der Waals surface area contributed by atoms with Crippen molar-refractivity contribution in [1.29, 1.82) is 0 Å². The second-order valence-electron chi connectivity index (χ2n) is 17.6. The van der Waals surface area contributed by atoms with Gasteiger partial charge in [0.25, 0.3) is 11.1 Å². The summed E-state index contributed by atoms with van der Waals surface area (Å²) in [6.45, 7) is 24.8. The molecule has 2 aliphatic rings. The van der Waals surface area contributed by atoms with Gasteiger partial charge in [0, 0.05) is 77.8 Å². The van der Waals surface area contributed by atoms with Crippen LogP contribution in [-0.4, -0.2) is 48.7 Å². The molecule has 0 saturated carbocycles. The molecule has 0 fully saturated rings. The van der Waals surface area contributed by atoms with Crippen LogP contribution in [0, 0.1) is 43.4 Å². The van der Waals surface area contributed by atoms with Gasteiger partial charge in [-0.25, -0.2) is 9.59 Å². The van der Waals surface area contributed by atoms with Gasteiger partial charge in [0.1, 0.15) is 23.7 Å². The summed E-state index contributed by atoms with van der Waals surface area (Å²) in [5.41, 5.74) is 4.53. The third kappa shape index (κ3) is 11.9. The molecular weight excluding hydrogens is 823 g/mol. The molecule has 2 N–H and O–H groups in total. The number of carbonyl (C=O) groups excluding carboxylic acids is 2. The standard InChI is InChI=1S/C27H29NO4.C26H30N2O5/c1-6-7-14-28-16-20(12-13-27(4,5)31)24-22(25(28)29)15-19(3)23(24)26(30)32-17-21-11-9-8-10-18(21)2;1-7-8-11-28-14-19(9-10-26(6,31)21-13-18(5)33-27-21)23-20(24(28)29)12-17(4)22(23)25(30)32-15-16(2)3/h6,8-11,16,31H,1,7,14-15,17H2,2-5H3;7,13-14,16,31H,1,8,11-12,15H2,2-6H3/t;26-/m.1/s1. The van der Waals surface area contributed by atoms with Crippen molar-refractivity contribution in [1.82, 2.24) is 14.3 Å². The Morgan fingerprint density at radius 2 is 1.34 bits per heavy atom. The van der Waals surface area contributed by atoms with Crippen molar-refractivity contribution in [2.45, 2.75) is 119 Å². The molecule has 1 aromatic carbocycles. The van der Waals surface area contributed by atoms with Crippen LogP contribution in [0.5, 0.6) is 0 Å². The molecule has 12 heteroatoms. The zero-order valence-electron chi connectivity index (χ0n) is 38.9. The maximum Gasteiger partial charge on any atom is 0.339 e. The molecule has 4 aromatic rings. The maximum absolute atomic E-state index is 13.2. The van der Waals surface area contributed by atoms with E-state index in [1.54, 1.807) is 60.5 Å². The first-order valence-corrected chi connectivity index (χ1v) is 21.7. The number of ether oxygens (including phenoxy) is 2. The normalized spacial score (nSPS) is 13.7. The van der Waals surface area contributed by atoms with Gasteiger partial charge in [0.15, 0.2) is 5.60 Å². The van der Waals surface area contributed by atoms with Crippen LogP contribution in [0.2, 0.25) is 0 Å². The topological polar surface area (TPSA) is 163 Å². The van der Waals surface area contributed by atoms with Crippen LogP contribution < -0.4 is 11.1 Å². The molecule has 340 valence electrons. The molecule has 0 unspecified atom stereocenters. The van der Waals surface area contributed by atoms with Crippen LogP contribution in [0.3, 0.4) is 0 Å². The van der Waals surface area contributed by atoms with Crippen LogP contribution in [0.4, 0.5) is 0 Å². The molecule has 2 aliphatic carbocycles. The third-order valence-corrected chi connectivity index (χ3v) is 10.8. The molecule has 65 heavy (non-hydrogen) atoms. The molecule has 3 aromatic heterocycles. The van der Waals surface area contributed by atoms with Gasteiger partial charge in [-0.2, -0.15) is 0 Å². The number of aryl methyl sites for hydroxylation is 4. The fourth-order valence-electron chi connectivity index (χ4n) is 7.38. The second-order valence-corrected chi connectivity index (χ2v) is 17.6. The summed E-state index contributed by atoms with van der Waals surface area (Å²) in [6.07, 6.45) is 8.75. The van der Waals surface area contributed by atoms with Gasteiger partial charge in [-0.15, -0.1) is 13.2 Å². The van der Waals surface area contributed by atoms with E-state index in [-0.39, 0.29) is 35.9 Å². The molecule has 1 atom stereocenters. The van der Waals surface area contributed by atoms with Gasteiger partial charge < -0.3 is 33.3 Å². The summed E-state index contributed by atoms with van der Waals surface area (Å²) in [5.74, 6) is 11.4. The number of hydrogen-bond acceptors (Lipinski definition) is 10. The van der Waals surface area contributed by atoms with E-state index >= 15 is 0 Å². The molecule has 0 bridgehead atoms. The number of esters is 2. The first-order chi connectivity index (χ1) is 30.7. The van der Waals surface area contributed by atoms with Crippen molar-refractivity contribution in [3.63, 3.8) is 0 Å². The summed E-state index contributed by atoms with van der Waals surface area (Å²) >= 11 is 0. The van der Waals surface area contributed by atoms with Crippen molar-refractivity contribution in [2.24, 2.45) is 5.92 Å². The zero-order chi connectivity index (χ0) is 47.8. The Kier molecular flexibility index (Phi) is 15.8. The van der Waals surface area contributed by atoms with E-state index in [2.05, 4.69) is 42.0 Å². The Morgan fingerprint density at radius 1 is 0.831 bits per heavy atom. The average Bonchev–Trinajstić information content (AvgIpc) is 3.96. The quantitative estimate of drug-likeness (QED) is 0.0785. The number of aromatic nitrogens is 3. The van der Waals surface area contributed by atoms with Crippen LogP contribution >= 0.6 is 0 Å². The Morgan fingerprint density at radius 3 is 1.80 bits per heavy atom. The van der Waals surface area contributed by atoms with Gasteiger partial charge in [-0.05, 0) is 78.4 Å². The maximum atomic E-state index is 13.2. The first-order valence-electron chi connectivity index (χ1n) is 21.7. The SMILES string of the molecule is C=CCCn1cc(C#CC(C)(C)O)c2c(c1=O)CC(C)=C2C(=O)OCc1ccccc1C.C=CCCn1cc(C#C[C@@](C)(O)c2cc(C)on2)c2c(c1=O)CC(C)=C2C(=O)OCC(C)C. The van der Waals surface area contributed by atoms with Crippen molar-refractivity contribution < 1.29 is 33.8 Å². The molecule has 0 radical (unpaired) electrons. The van der Waals surface area contributed by atoms with E-state index in [0.717, 1.165) is 22.3 Å². The fraction of sp³-hybridized carbons (Fsp3) is 0.377. The summed E-state index contributed by atoms with van der Waals surface area (Å²) in [5, 5.41) is 24.8. The van der Waals surface area contributed by atoms with E-state index in [1.807, 2.05) is 58.9 Å². The van der Waals surface area contributed by atoms with Crippen LogP contribution in [0.1, 0.15) is 117 Å². The van der Waals surface area contributed by atoms with Crippen molar-refractivity contribution in [2.75, 3.05) is 6.61 Å². The lowest BCUT2D eigenvalue weighted by atomic mass is 9.98. The van der Waals surface area contributed by atoms with Gasteiger partial charge >= 0.3 is 11.9 Å². The predicted octanol–water partition coefficient (Wildman–Crippen LogP) is 7.44. The predicted molar refractivity (Wildman–Crippen MR) is 251 cm³/mol. The number of allylic oxidation sites excluding steroid dienone is 4. The van der Waals surface area contributed by atoms with Gasteiger partial charge in [-0.1, -0.05) is 90.2 Å². The molecule has 0 aliphatic heterocycles. The first kappa shape index (κ1) is 49.3. The second kappa shape index (κ2) is 20.8. The minimum Gasteiger partial charge on any atom is -0.462 e. The third-order valence-electron chi connectivity index (χ3n) is 10.8. The summed E-state index contributed by atoms with van der Waals surface area (Å²) in [4.78, 5) is 52.3. The van der Waals surface area contributed by atoms with Crippen LogP contribution in [0.15, 0.2) is 93.3 Å². The molecule has 12 nitrogen and oxygen atoms in total. The number of rotatable bonds is 13. The average molecular weight is 882 g/mol. The number of nitrogens with zero attached hydrogens (tertiary/aromatic N) is 3. The highest BCUT2D eigenvalue weighted by atomic mass is 16.5. The van der Waals surface area contributed by atoms with Crippen molar-refractivity contribution in [3.05, 3.63) is 156 Å². The number of carbonyl (C=O) groups is 2. The largest absolute Gasteiger partial charge is 0.462 e. The summed E-state index contributed by atoms with van der Waals surface area (Å²) in [7, 11) is 0. The van der Waals surface area contributed by atoms with Crippen molar-refractivity contribution in [3.8, 4) is 23.7 Å². The number of fused-ring (bicyclic) bond motifs is 2. The molecule has 0 amide bonds. The molecule has 0 spiro atoms. The highest BCUT2D eigenvalue weighted by Crippen LogP contribution is 2.36. The number of aliphatic hydroxyl groups is 2. The van der Waals surface area contributed by atoms with E-state index in [1.165, 1.54) is 6.92 Å². The summed E-state index contributed by atoms with van der Waals surface area (Å²) in [6, 6.07) is 9.34. The number of benzene rings is 1. The highest BCUT2D eigenvalue weighted by Gasteiger charge is 2.33. The monoisotopic (exact) mass is 881 g/mol. The lowest BCUT2D eigenvalue weighted by molar-refractivity contribution is -0.138. The molecule has 6 rings (SSSR count). The minimum absolute atomic E-state index is 0.142. The van der Waals surface area contributed by atoms with E-state index in [0.29, 0.717) is 89.1 Å². The van der Waals surface area contributed by atoms with Crippen LogP contribution in [-0.2, 0) is 57.2 Å². The minimum atomic E-state index is -1.58. The van der Waals surface area contributed by atoms with Crippen LogP contribution in [0.25, 0.3) is 11.1 Å². The Labute approximate surface area is 381 Å². The van der Waals surface area contributed by atoms with Gasteiger partial charge in [0.2, 0.25) is 0 Å². The lowest BCUT2D eigenvalue weighted by Crippen LogP contribution is -2.25. The Bertz CT molecular complexity index is 2830. The van der Waals surface area contributed by atoms with E-state index in [9.17, 15) is 29.4 Å². The van der Waals surface area contributed by atoms with Gasteiger partial charge in [0.05, 0.1) is 17.8 Å². The molecule has 3 heterocycles. The zero-order valence-corrected chi connectivity index (χ0v) is 38.9. The van der Waals surface area contributed by atoms with Gasteiger partial charge in [-0.3, -0.25) is 9.59 Å². The smallest absolute Gasteiger partial charge is 0.339 e. The lowest BCUT2D eigenvalue weighted by Gasteiger charge is -2.15. The number of pyridine rings is 2. The Balaban J connectivity index is 0.000000244. The molecule has 0 saturated heterocycles. The van der Waals surface area contributed by atoms with Crippen molar-refractivity contribution >= 4 is 23.1 Å². The van der Waals surface area contributed by atoms with E-state index in [4.69, 9.17) is 14.0 Å². The number of hydrogen-bond donors (Lipinski definition) is 2.